The monoisotopic (exact) mass is 717 g/mol. The summed E-state index contributed by atoms with van der Waals surface area (Å²) in [6.07, 6.45) is 0.0755. The maximum atomic E-state index is 13.5. The largest absolute Gasteiger partial charge is 0.522 e. The van der Waals surface area contributed by atoms with Crippen molar-refractivity contribution in [2.24, 2.45) is 0 Å². The minimum Gasteiger partial charge on any atom is -0.447 e. The zero-order valence-corrected chi connectivity index (χ0v) is 32.1. The van der Waals surface area contributed by atoms with Gasteiger partial charge in [-0.2, -0.15) is 21.6 Å². The van der Waals surface area contributed by atoms with Crippen LogP contribution in [0.2, 0.25) is 36.3 Å². The van der Waals surface area contributed by atoms with Crippen molar-refractivity contribution in [3.8, 4) is 0 Å². The standard InChI is InChI=1S/C26H35NO4Si.C7H15F3O3SSi/c1-25(2,3)32(5,6)31-26(4,21-15-11-8-12-16-21)18-23(28)27-22(19-30-24(27)29)17-20-13-9-7-10-14-20;1-6(2,3)15(4,5)13-14(11,12)7(8,9)10/h7-16,22H,17-19H2,1-6H3;1-5H3/t22-,26-;/m0./s1. The summed E-state index contributed by atoms with van der Waals surface area (Å²) in [5.41, 5.74) is -4.19. The maximum Gasteiger partial charge on any atom is 0.522 e. The molecular weight excluding hydrogens is 668 g/mol. The van der Waals surface area contributed by atoms with Gasteiger partial charge in [0.2, 0.25) is 14.2 Å². The van der Waals surface area contributed by atoms with E-state index in [2.05, 4.69) is 37.7 Å². The lowest BCUT2D eigenvalue weighted by molar-refractivity contribution is -0.133. The highest BCUT2D eigenvalue weighted by atomic mass is 32.2. The number of carbonyl (C=O) groups is 2. The minimum absolute atomic E-state index is 0.0193. The van der Waals surface area contributed by atoms with Gasteiger partial charge >= 0.3 is 21.7 Å². The lowest BCUT2D eigenvalue weighted by atomic mass is 9.91. The van der Waals surface area contributed by atoms with Gasteiger partial charge in [0.25, 0.3) is 0 Å². The molecular formula is C33H50F3NO7SSi2. The molecule has 0 radical (unpaired) electrons. The smallest absolute Gasteiger partial charge is 0.447 e. The molecule has 2 aromatic rings. The van der Waals surface area contributed by atoms with E-state index < -0.39 is 49.0 Å². The lowest BCUT2D eigenvalue weighted by Gasteiger charge is -2.44. The van der Waals surface area contributed by atoms with Crippen molar-refractivity contribution in [2.45, 2.75) is 115 Å². The zero-order chi connectivity index (χ0) is 36.3. The number of halogens is 3. The highest BCUT2D eigenvalue weighted by Crippen LogP contribution is 2.44. The fourth-order valence-corrected chi connectivity index (χ4v) is 9.52. The lowest BCUT2D eigenvalue weighted by Crippen LogP contribution is -2.50. The molecule has 0 aliphatic carbocycles. The number of benzene rings is 2. The maximum absolute atomic E-state index is 13.5. The number of amides is 2. The van der Waals surface area contributed by atoms with Gasteiger partial charge in [0.15, 0.2) is 8.32 Å². The molecule has 0 saturated carbocycles. The van der Waals surface area contributed by atoms with Crippen LogP contribution in [0.4, 0.5) is 18.0 Å². The Balaban J connectivity index is 0.000000433. The topological polar surface area (TPSA) is 99.2 Å². The van der Waals surface area contributed by atoms with Crippen LogP contribution in [0.15, 0.2) is 60.7 Å². The predicted molar refractivity (Wildman–Crippen MR) is 182 cm³/mol. The number of imide groups is 1. The number of cyclic esters (lactones) is 1. The Kier molecular flexibility index (Phi) is 12.6. The van der Waals surface area contributed by atoms with Gasteiger partial charge in [-0.1, -0.05) is 102 Å². The second kappa shape index (κ2) is 14.5. The van der Waals surface area contributed by atoms with Crippen molar-refractivity contribution in [3.63, 3.8) is 0 Å². The van der Waals surface area contributed by atoms with Crippen LogP contribution in [0, 0.1) is 0 Å². The van der Waals surface area contributed by atoms with Crippen LogP contribution in [0.5, 0.6) is 0 Å². The molecule has 0 unspecified atom stereocenters. The summed E-state index contributed by atoms with van der Waals surface area (Å²) in [5.74, 6) is -0.265. The van der Waals surface area contributed by atoms with E-state index in [9.17, 15) is 31.2 Å². The molecule has 47 heavy (non-hydrogen) atoms. The number of nitrogens with zero attached hydrogens (tertiary/aromatic N) is 1. The average Bonchev–Trinajstić information content (AvgIpc) is 3.27. The summed E-state index contributed by atoms with van der Waals surface area (Å²) in [4.78, 5) is 27.4. The first-order valence-corrected chi connectivity index (χ1v) is 22.7. The molecule has 264 valence electrons. The normalized spacial score (nSPS) is 17.8. The average molecular weight is 718 g/mol. The highest BCUT2D eigenvalue weighted by Gasteiger charge is 2.53. The predicted octanol–water partition coefficient (Wildman–Crippen LogP) is 8.76. The molecule has 2 aromatic carbocycles. The van der Waals surface area contributed by atoms with E-state index in [1.54, 1.807) is 20.8 Å². The molecule has 1 saturated heterocycles. The summed E-state index contributed by atoms with van der Waals surface area (Å²) in [5, 5.41) is -0.611. The third-order valence-corrected chi connectivity index (χ3v) is 20.4. The molecule has 0 aromatic heterocycles. The third kappa shape index (κ3) is 10.5. The van der Waals surface area contributed by atoms with Crippen LogP contribution in [0.3, 0.4) is 0 Å². The van der Waals surface area contributed by atoms with Crippen LogP contribution in [0.1, 0.15) is 66.0 Å². The van der Waals surface area contributed by atoms with Gasteiger partial charge in [-0.15, -0.1) is 0 Å². The first-order chi connectivity index (χ1) is 21.1. The third-order valence-electron chi connectivity index (χ3n) is 9.11. The van der Waals surface area contributed by atoms with Crippen molar-refractivity contribution in [3.05, 3.63) is 71.8 Å². The molecule has 8 nitrogen and oxygen atoms in total. The zero-order valence-electron chi connectivity index (χ0n) is 29.3. The van der Waals surface area contributed by atoms with Gasteiger partial charge in [-0.05, 0) is 60.7 Å². The van der Waals surface area contributed by atoms with Gasteiger partial charge in [0.1, 0.15) is 6.61 Å². The van der Waals surface area contributed by atoms with Gasteiger partial charge in [0, 0.05) is 0 Å². The van der Waals surface area contributed by atoms with Gasteiger partial charge in [-0.3, -0.25) is 4.79 Å². The first-order valence-electron chi connectivity index (χ1n) is 15.4. The Morgan fingerprint density at radius 3 is 1.77 bits per heavy atom. The molecule has 1 fully saturated rings. The molecule has 1 aliphatic heterocycles. The molecule has 14 heteroatoms. The van der Waals surface area contributed by atoms with Crippen molar-refractivity contribution in [1.29, 1.82) is 0 Å². The molecule has 2 atom stereocenters. The van der Waals surface area contributed by atoms with E-state index in [0.29, 0.717) is 6.42 Å². The van der Waals surface area contributed by atoms with Crippen LogP contribution >= 0.6 is 0 Å². The molecule has 1 aliphatic rings. The number of carbonyl (C=O) groups excluding carboxylic acids is 2. The Morgan fingerprint density at radius 1 is 0.851 bits per heavy atom. The van der Waals surface area contributed by atoms with E-state index >= 15 is 0 Å². The van der Waals surface area contributed by atoms with Crippen LogP contribution in [-0.2, 0) is 40.0 Å². The summed E-state index contributed by atoms with van der Waals surface area (Å²) in [6.45, 7) is 20.9. The van der Waals surface area contributed by atoms with E-state index in [1.165, 1.54) is 18.0 Å². The molecule has 0 N–H and O–H groups in total. The number of ether oxygens (including phenoxy) is 1. The molecule has 2 amide bonds. The highest BCUT2D eigenvalue weighted by molar-refractivity contribution is 7.88. The van der Waals surface area contributed by atoms with E-state index in [-0.39, 0.29) is 30.0 Å². The molecule has 3 rings (SSSR count). The van der Waals surface area contributed by atoms with E-state index in [4.69, 9.17) is 9.16 Å². The van der Waals surface area contributed by atoms with Crippen molar-refractivity contribution < 1.29 is 44.2 Å². The Labute approximate surface area is 280 Å². The van der Waals surface area contributed by atoms with Crippen molar-refractivity contribution in [2.75, 3.05) is 6.61 Å². The quantitative estimate of drug-likeness (QED) is 0.189. The Bertz CT molecular complexity index is 1470. The molecule has 0 spiro atoms. The Morgan fingerprint density at radius 2 is 1.32 bits per heavy atom. The van der Waals surface area contributed by atoms with Gasteiger partial charge < -0.3 is 13.0 Å². The van der Waals surface area contributed by atoms with E-state index in [0.717, 1.165) is 11.1 Å². The first kappa shape index (κ1) is 40.6. The summed E-state index contributed by atoms with van der Waals surface area (Å²) >= 11 is 0. The number of alkyl halides is 3. The summed E-state index contributed by atoms with van der Waals surface area (Å²) < 4.78 is 74.2. The minimum atomic E-state index is -5.48. The van der Waals surface area contributed by atoms with Gasteiger partial charge in [-0.25, -0.2) is 9.69 Å². The van der Waals surface area contributed by atoms with Crippen LogP contribution in [0.25, 0.3) is 0 Å². The number of rotatable bonds is 9. The van der Waals surface area contributed by atoms with Crippen molar-refractivity contribution in [1.82, 2.24) is 4.90 Å². The van der Waals surface area contributed by atoms with Crippen molar-refractivity contribution >= 4 is 38.8 Å². The molecule has 0 bridgehead atoms. The fourth-order valence-electron chi connectivity index (χ4n) is 4.33. The fraction of sp³-hybridized carbons (Fsp3) is 0.576. The molecule has 1 heterocycles. The number of hydrogen-bond donors (Lipinski definition) is 0. The second-order valence-electron chi connectivity index (χ2n) is 15.1. The summed E-state index contributed by atoms with van der Waals surface area (Å²) in [7, 11) is -10.6. The van der Waals surface area contributed by atoms with Gasteiger partial charge in [0.05, 0.1) is 18.1 Å². The second-order valence-corrected chi connectivity index (χ2v) is 26.3. The van der Waals surface area contributed by atoms with Crippen LogP contribution in [-0.4, -0.2) is 60.1 Å². The number of hydrogen-bond acceptors (Lipinski definition) is 7. The Hall–Kier alpha value is -2.53. The van der Waals surface area contributed by atoms with Crippen LogP contribution < -0.4 is 0 Å². The summed E-state index contributed by atoms with van der Waals surface area (Å²) in [6, 6.07) is 19.4. The van der Waals surface area contributed by atoms with E-state index in [1.807, 2.05) is 67.6 Å². The SMILES string of the molecule is CC(C)(C)[Si](C)(C)OS(=O)(=O)C(F)(F)F.CC(C)(C)[Si](C)(C)O[C@@](C)(CC(=O)N1C(=O)OC[C@@H]1Cc1ccccc1)c1ccccc1.